The maximum Gasteiger partial charge on any atom is 0.316 e. The molecule has 0 heterocycles. The minimum absolute atomic E-state index is 0.0648. The van der Waals surface area contributed by atoms with E-state index in [1.165, 1.54) is 25.7 Å². The van der Waals surface area contributed by atoms with Crippen molar-refractivity contribution in [2.75, 3.05) is 5.75 Å². The smallest absolute Gasteiger partial charge is 0.316 e. The largest absolute Gasteiger partial charge is 0.461 e. The number of hydrogen-bond acceptors (Lipinski definition) is 5. The molecular weight excluding hydrogens is 492 g/mol. The molecule has 0 aromatic rings. The Kier molecular flexibility index (Phi) is 6.19. The molecule has 6 aliphatic carbocycles. The molecule has 13 atom stereocenters. The molecule has 2 bridgehead atoms. The van der Waals surface area contributed by atoms with Gasteiger partial charge in [-0.1, -0.05) is 47.6 Å². The monoisotopic (exact) mass is 542 g/mol. The van der Waals surface area contributed by atoms with Gasteiger partial charge >= 0.3 is 5.97 Å². The van der Waals surface area contributed by atoms with Gasteiger partial charge in [-0.2, -0.15) is 0 Å². The lowest BCUT2D eigenvalue weighted by atomic mass is 9.32. The van der Waals surface area contributed by atoms with Crippen molar-refractivity contribution in [3.8, 4) is 0 Å². The fraction of sp³-hybridized carbons (Fsp3) is 0.879. The number of Topliss-reactive ketones (excluding diaryl/α,β-unsaturated/α-hetero) is 1. The van der Waals surface area contributed by atoms with Crippen LogP contribution in [0.5, 0.6) is 0 Å². The molecule has 0 aromatic carbocycles. The van der Waals surface area contributed by atoms with Crippen molar-refractivity contribution < 1.29 is 19.4 Å². The summed E-state index contributed by atoms with van der Waals surface area (Å²) in [4.78, 5) is 27.0. The second-order valence-electron chi connectivity index (χ2n) is 15.5. The molecule has 0 amide bonds. The standard InChI is InChI=1S/C33H50O4S/c1-8-29(6)16-25(37-26(35)17-38-23-13-20(3)31(15-23)11-9-19(31)2)30(7)21(4)14-33-18-32(28(30)33,12-10-24(33)34)22(5)27(29)36/h8,19-23,25,27-28,36H,1,9-18H2,2-7H3/t19?,20?,21-,22+,23-,25-,27+,28+,29-,30+,31?,32-,33?/m1/s1. The van der Waals surface area contributed by atoms with Crippen molar-refractivity contribution in [2.45, 2.75) is 117 Å². The molecular formula is C33H50O4S. The van der Waals surface area contributed by atoms with Crippen LogP contribution in [0.3, 0.4) is 0 Å². The average molecular weight is 543 g/mol. The van der Waals surface area contributed by atoms with Gasteiger partial charge in [-0.05, 0) is 91.8 Å². The van der Waals surface area contributed by atoms with Crippen LogP contribution in [0.4, 0.5) is 0 Å². The van der Waals surface area contributed by atoms with Gasteiger partial charge in [-0.15, -0.1) is 18.3 Å². The molecule has 212 valence electrons. The number of aliphatic hydroxyl groups excluding tert-OH is 1. The number of hydrogen-bond donors (Lipinski definition) is 1. The van der Waals surface area contributed by atoms with Crippen LogP contribution in [-0.4, -0.2) is 40.1 Å². The van der Waals surface area contributed by atoms with E-state index < -0.39 is 11.5 Å². The molecule has 38 heavy (non-hydrogen) atoms. The van der Waals surface area contributed by atoms with Crippen LogP contribution in [0, 0.1) is 56.7 Å². The Balaban J connectivity index is 1.25. The minimum atomic E-state index is -0.567. The molecule has 3 spiro atoms. The van der Waals surface area contributed by atoms with E-state index >= 15 is 0 Å². The molecule has 5 heteroatoms. The molecule has 0 radical (unpaired) electrons. The minimum Gasteiger partial charge on any atom is -0.461 e. The third kappa shape index (κ3) is 3.27. The summed E-state index contributed by atoms with van der Waals surface area (Å²) in [6.07, 6.45) is 9.98. The molecule has 4 unspecified atom stereocenters. The maximum atomic E-state index is 13.5. The molecule has 4 nitrogen and oxygen atoms in total. The van der Waals surface area contributed by atoms with Crippen molar-refractivity contribution in [3.63, 3.8) is 0 Å². The SMILES string of the molecule is C=C[C@]1(C)C[C@@H](OC(=O)CS[C@@H]2CC(C)C3(CCC3C)C2)[C@]2(C)[C@H](C)CC34C[C@@](CCC3=O)([C@@H]42)[C@@H](C)[C@@H]1O. The summed E-state index contributed by atoms with van der Waals surface area (Å²) in [5.74, 6) is 2.79. The van der Waals surface area contributed by atoms with E-state index in [1.807, 2.05) is 6.08 Å². The van der Waals surface area contributed by atoms with Crippen LogP contribution in [0.1, 0.15) is 99.3 Å². The lowest BCUT2D eigenvalue weighted by Crippen LogP contribution is -2.71. The highest BCUT2D eigenvalue weighted by Gasteiger charge is 2.81. The third-order valence-corrected chi connectivity index (χ3v) is 15.5. The fourth-order valence-corrected chi connectivity index (χ4v) is 13.0. The summed E-state index contributed by atoms with van der Waals surface area (Å²) in [6.45, 7) is 17.9. The second kappa shape index (κ2) is 8.60. The van der Waals surface area contributed by atoms with Gasteiger partial charge in [0.1, 0.15) is 11.9 Å². The van der Waals surface area contributed by atoms with Crippen molar-refractivity contribution in [2.24, 2.45) is 56.7 Å². The number of carbonyl (C=O) groups excluding carboxylic acids is 2. The molecule has 6 saturated carbocycles. The van der Waals surface area contributed by atoms with Crippen LogP contribution in [0.2, 0.25) is 0 Å². The zero-order valence-electron chi connectivity index (χ0n) is 24.6. The number of carbonyl (C=O) groups is 2. The van der Waals surface area contributed by atoms with Crippen molar-refractivity contribution in [1.29, 1.82) is 0 Å². The van der Waals surface area contributed by atoms with Gasteiger partial charge in [-0.25, -0.2) is 0 Å². The normalized spacial score (nSPS) is 56.9. The van der Waals surface area contributed by atoms with E-state index in [2.05, 4.69) is 48.1 Å². The van der Waals surface area contributed by atoms with Gasteiger partial charge < -0.3 is 9.84 Å². The zero-order valence-corrected chi connectivity index (χ0v) is 25.4. The predicted molar refractivity (Wildman–Crippen MR) is 153 cm³/mol. The van der Waals surface area contributed by atoms with E-state index in [0.717, 1.165) is 31.1 Å². The first kappa shape index (κ1) is 27.4. The van der Waals surface area contributed by atoms with E-state index in [1.54, 1.807) is 11.8 Å². The van der Waals surface area contributed by atoms with E-state index in [4.69, 9.17) is 4.74 Å². The van der Waals surface area contributed by atoms with Crippen LogP contribution < -0.4 is 0 Å². The molecule has 0 aliphatic heterocycles. The summed E-state index contributed by atoms with van der Waals surface area (Å²) in [7, 11) is 0. The summed E-state index contributed by atoms with van der Waals surface area (Å²) in [5, 5.41) is 12.3. The van der Waals surface area contributed by atoms with Crippen LogP contribution >= 0.6 is 11.8 Å². The Labute approximate surface area is 234 Å². The summed E-state index contributed by atoms with van der Waals surface area (Å²) >= 11 is 1.80. The highest BCUT2D eigenvalue weighted by atomic mass is 32.2. The van der Waals surface area contributed by atoms with E-state index in [9.17, 15) is 14.7 Å². The van der Waals surface area contributed by atoms with Crippen molar-refractivity contribution >= 4 is 23.5 Å². The van der Waals surface area contributed by atoms with Crippen LogP contribution in [0.15, 0.2) is 12.7 Å². The first-order valence-corrected chi connectivity index (χ1v) is 16.5. The Bertz CT molecular complexity index is 1040. The Morgan fingerprint density at radius 2 is 1.82 bits per heavy atom. The van der Waals surface area contributed by atoms with Gasteiger partial charge in [0.05, 0.1) is 11.9 Å². The Morgan fingerprint density at radius 3 is 2.42 bits per heavy atom. The topological polar surface area (TPSA) is 63.6 Å². The first-order chi connectivity index (χ1) is 17.8. The lowest BCUT2D eigenvalue weighted by Gasteiger charge is -2.71. The predicted octanol–water partition coefficient (Wildman–Crippen LogP) is 6.84. The molecule has 0 saturated heterocycles. The lowest BCUT2D eigenvalue weighted by molar-refractivity contribution is -0.257. The molecule has 6 fully saturated rings. The summed E-state index contributed by atoms with van der Waals surface area (Å²) < 4.78 is 6.53. The number of aliphatic hydroxyl groups is 1. The molecule has 6 rings (SSSR count). The molecule has 0 aromatic heterocycles. The third-order valence-electron chi connectivity index (χ3n) is 14.3. The molecule has 1 N–H and O–H groups in total. The van der Waals surface area contributed by atoms with Gasteiger partial charge in [0.25, 0.3) is 0 Å². The average Bonchev–Trinajstić information content (AvgIpc) is 3.32. The van der Waals surface area contributed by atoms with E-state index in [0.29, 0.717) is 35.0 Å². The second-order valence-corrected chi connectivity index (χ2v) is 16.8. The number of rotatable bonds is 5. The van der Waals surface area contributed by atoms with Crippen LogP contribution in [-0.2, 0) is 14.3 Å². The van der Waals surface area contributed by atoms with Gasteiger partial charge in [-0.3, -0.25) is 9.59 Å². The highest BCUT2D eigenvalue weighted by molar-refractivity contribution is 8.00. The summed E-state index contributed by atoms with van der Waals surface area (Å²) in [6, 6.07) is 0. The number of thioether (sulfide) groups is 1. The molecule has 6 aliphatic rings. The number of ether oxygens (including phenoxy) is 1. The van der Waals surface area contributed by atoms with E-state index in [-0.39, 0.29) is 46.1 Å². The number of ketones is 1. The first-order valence-electron chi connectivity index (χ1n) is 15.4. The van der Waals surface area contributed by atoms with Crippen molar-refractivity contribution in [1.82, 2.24) is 0 Å². The Hall–Kier alpha value is -0.810. The zero-order chi connectivity index (χ0) is 27.5. The van der Waals surface area contributed by atoms with Gasteiger partial charge in [0.15, 0.2) is 0 Å². The maximum absolute atomic E-state index is 13.5. The highest BCUT2D eigenvalue weighted by Crippen LogP contribution is 2.82. The fourth-order valence-electron chi connectivity index (χ4n) is 11.7. The quantitative estimate of drug-likeness (QED) is 0.304. The number of esters is 1. The van der Waals surface area contributed by atoms with Gasteiger partial charge in [0.2, 0.25) is 0 Å². The van der Waals surface area contributed by atoms with Crippen molar-refractivity contribution in [3.05, 3.63) is 12.7 Å². The summed E-state index contributed by atoms with van der Waals surface area (Å²) in [5.41, 5.74) is -0.666. The van der Waals surface area contributed by atoms with Gasteiger partial charge in [0, 0.05) is 27.9 Å². The van der Waals surface area contributed by atoms with Crippen LogP contribution in [0.25, 0.3) is 0 Å². The Morgan fingerprint density at radius 1 is 1.08 bits per heavy atom.